The standard InChI is InChI=1S/C17H29N5O/c1-20(12-16-18-19-17(21(16)2)13-5-6-13)14-7-8-22(10-14)11-15-4-3-9-23-15/h13-15H,3-12H2,1-2H3/t14-,15+/m0/s1. The molecule has 1 saturated carbocycles. The van der Waals surface area contributed by atoms with E-state index in [4.69, 9.17) is 4.74 Å². The van der Waals surface area contributed by atoms with Gasteiger partial charge in [-0.2, -0.15) is 0 Å². The van der Waals surface area contributed by atoms with Crippen LogP contribution in [0.25, 0.3) is 0 Å². The maximum absolute atomic E-state index is 5.78. The van der Waals surface area contributed by atoms with E-state index in [1.807, 2.05) is 0 Å². The molecular formula is C17H29N5O. The van der Waals surface area contributed by atoms with Crippen molar-refractivity contribution in [2.24, 2.45) is 7.05 Å². The molecule has 6 heteroatoms. The Balaban J connectivity index is 1.30. The van der Waals surface area contributed by atoms with Crippen LogP contribution in [0.1, 0.15) is 49.7 Å². The molecule has 1 aromatic rings. The Morgan fingerprint density at radius 1 is 1.22 bits per heavy atom. The second kappa shape index (κ2) is 6.49. The summed E-state index contributed by atoms with van der Waals surface area (Å²) >= 11 is 0. The van der Waals surface area contributed by atoms with Crippen LogP contribution in [-0.4, -0.2) is 70.0 Å². The third-order valence-corrected chi connectivity index (χ3v) is 5.69. The molecule has 3 fully saturated rings. The first-order valence-electron chi connectivity index (χ1n) is 9.13. The fourth-order valence-corrected chi connectivity index (χ4v) is 3.98. The van der Waals surface area contributed by atoms with Crippen molar-refractivity contribution in [1.82, 2.24) is 24.6 Å². The third-order valence-electron chi connectivity index (χ3n) is 5.69. The number of likely N-dealkylation sites (tertiary alicyclic amines) is 1. The first-order chi connectivity index (χ1) is 11.2. The second-order valence-corrected chi connectivity index (χ2v) is 7.56. The van der Waals surface area contributed by atoms with E-state index in [0.717, 1.165) is 32.1 Å². The van der Waals surface area contributed by atoms with Crippen molar-refractivity contribution in [2.75, 3.05) is 33.3 Å². The molecule has 23 heavy (non-hydrogen) atoms. The Morgan fingerprint density at radius 2 is 2.09 bits per heavy atom. The molecule has 2 atom stereocenters. The Hall–Kier alpha value is -0.980. The summed E-state index contributed by atoms with van der Waals surface area (Å²) in [7, 11) is 4.35. The molecule has 0 aromatic carbocycles. The monoisotopic (exact) mass is 319 g/mol. The van der Waals surface area contributed by atoms with Gasteiger partial charge in [0.1, 0.15) is 11.6 Å². The molecule has 4 rings (SSSR count). The summed E-state index contributed by atoms with van der Waals surface area (Å²) in [6.45, 7) is 5.32. The van der Waals surface area contributed by atoms with E-state index < -0.39 is 0 Å². The normalized spacial score (nSPS) is 29.0. The molecule has 0 spiro atoms. The summed E-state index contributed by atoms with van der Waals surface area (Å²) in [4.78, 5) is 5.03. The molecule has 6 nitrogen and oxygen atoms in total. The van der Waals surface area contributed by atoms with E-state index in [0.29, 0.717) is 18.1 Å². The Bertz CT molecular complexity index is 535. The predicted octanol–water partition coefficient (Wildman–Crippen LogP) is 1.38. The van der Waals surface area contributed by atoms with Gasteiger partial charge in [-0.1, -0.05) is 0 Å². The Labute approximate surface area is 138 Å². The SMILES string of the molecule is CN(Cc1nnc(C2CC2)n1C)[C@H]1CCN(C[C@H]2CCCO2)C1. The third kappa shape index (κ3) is 3.44. The van der Waals surface area contributed by atoms with Crippen LogP contribution in [-0.2, 0) is 18.3 Å². The Kier molecular flexibility index (Phi) is 4.39. The molecule has 0 amide bonds. The van der Waals surface area contributed by atoms with Crippen LogP contribution in [0.15, 0.2) is 0 Å². The van der Waals surface area contributed by atoms with E-state index in [1.54, 1.807) is 0 Å². The highest BCUT2D eigenvalue weighted by molar-refractivity contribution is 5.07. The Morgan fingerprint density at radius 3 is 2.83 bits per heavy atom. The van der Waals surface area contributed by atoms with Crippen molar-refractivity contribution in [3.8, 4) is 0 Å². The van der Waals surface area contributed by atoms with Crippen LogP contribution in [0.4, 0.5) is 0 Å². The fourth-order valence-electron chi connectivity index (χ4n) is 3.98. The first kappa shape index (κ1) is 15.5. The van der Waals surface area contributed by atoms with Crippen LogP contribution in [0.2, 0.25) is 0 Å². The largest absolute Gasteiger partial charge is 0.377 e. The molecule has 128 valence electrons. The quantitative estimate of drug-likeness (QED) is 0.793. The highest BCUT2D eigenvalue weighted by Gasteiger charge is 2.31. The van der Waals surface area contributed by atoms with Crippen molar-refractivity contribution in [3.63, 3.8) is 0 Å². The lowest BCUT2D eigenvalue weighted by molar-refractivity contribution is 0.0779. The molecule has 0 N–H and O–H groups in total. The minimum Gasteiger partial charge on any atom is -0.377 e. The minimum absolute atomic E-state index is 0.471. The summed E-state index contributed by atoms with van der Waals surface area (Å²) in [5.74, 6) is 2.95. The topological polar surface area (TPSA) is 46.4 Å². The molecule has 3 heterocycles. The van der Waals surface area contributed by atoms with Gasteiger partial charge in [-0.25, -0.2) is 0 Å². The lowest BCUT2D eigenvalue weighted by Crippen LogP contribution is -2.37. The number of rotatable bonds is 6. The molecule has 3 aliphatic rings. The predicted molar refractivity (Wildman–Crippen MR) is 88.3 cm³/mol. The maximum Gasteiger partial charge on any atom is 0.146 e. The summed E-state index contributed by atoms with van der Waals surface area (Å²) in [6, 6.07) is 0.623. The number of aromatic nitrogens is 3. The zero-order valence-corrected chi connectivity index (χ0v) is 14.4. The van der Waals surface area contributed by atoms with Gasteiger partial charge in [0.15, 0.2) is 0 Å². The summed E-state index contributed by atoms with van der Waals surface area (Å²) < 4.78 is 7.99. The molecule has 2 saturated heterocycles. The van der Waals surface area contributed by atoms with Crippen molar-refractivity contribution in [2.45, 2.75) is 56.7 Å². The lowest BCUT2D eigenvalue weighted by Gasteiger charge is -2.25. The number of hydrogen-bond acceptors (Lipinski definition) is 5. The van der Waals surface area contributed by atoms with Gasteiger partial charge in [-0.15, -0.1) is 10.2 Å². The minimum atomic E-state index is 0.471. The number of likely N-dealkylation sites (N-methyl/N-ethyl adjacent to an activating group) is 1. The van der Waals surface area contributed by atoms with Gasteiger partial charge in [0, 0.05) is 38.7 Å². The van der Waals surface area contributed by atoms with Crippen LogP contribution in [0, 0.1) is 0 Å². The van der Waals surface area contributed by atoms with Gasteiger partial charge in [0.05, 0.1) is 12.6 Å². The highest BCUT2D eigenvalue weighted by atomic mass is 16.5. The van der Waals surface area contributed by atoms with Gasteiger partial charge >= 0.3 is 0 Å². The smallest absolute Gasteiger partial charge is 0.146 e. The molecular weight excluding hydrogens is 290 g/mol. The number of hydrogen-bond donors (Lipinski definition) is 0. The summed E-state index contributed by atoms with van der Waals surface area (Å²) in [5.41, 5.74) is 0. The van der Waals surface area contributed by atoms with Gasteiger partial charge in [0.2, 0.25) is 0 Å². The van der Waals surface area contributed by atoms with Crippen molar-refractivity contribution < 1.29 is 4.74 Å². The fraction of sp³-hybridized carbons (Fsp3) is 0.882. The van der Waals surface area contributed by atoms with Gasteiger partial charge < -0.3 is 9.30 Å². The average Bonchev–Trinajstić information content (AvgIpc) is 2.94. The van der Waals surface area contributed by atoms with E-state index in [2.05, 4.69) is 38.7 Å². The van der Waals surface area contributed by atoms with Crippen molar-refractivity contribution in [3.05, 3.63) is 11.6 Å². The highest BCUT2D eigenvalue weighted by Crippen LogP contribution is 2.38. The molecule has 0 radical (unpaired) electrons. The number of nitrogens with zero attached hydrogens (tertiary/aromatic N) is 5. The average molecular weight is 319 g/mol. The van der Waals surface area contributed by atoms with Crippen LogP contribution in [0.3, 0.4) is 0 Å². The molecule has 1 aromatic heterocycles. The molecule has 0 unspecified atom stereocenters. The van der Waals surface area contributed by atoms with Crippen molar-refractivity contribution in [1.29, 1.82) is 0 Å². The van der Waals surface area contributed by atoms with Gasteiger partial charge in [0.25, 0.3) is 0 Å². The van der Waals surface area contributed by atoms with Gasteiger partial charge in [-0.05, 0) is 45.7 Å². The molecule has 1 aliphatic carbocycles. The van der Waals surface area contributed by atoms with Crippen molar-refractivity contribution >= 4 is 0 Å². The van der Waals surface area contributed by atoms with E-state index in [1.165, 1.54) is 44.5 Å². The number of ether oxygens (including phenoxy) is 1. The van der Waals surface area contributed by atoms with E-state index in [9.17, 15) is 0 Å². The molecule has 2 aliphatic heterocycles. The second-order valence-electron chi connectivity index (χ2n) is 7.56. The van der Waals surface area contributed by atoms with Crippen LogP contribution in [0.5, 0.6) is 0 Å². The van der Waals surface area contributed by atoms with Crippen LogP contribution < -0.4 is 0 Å². The zero-order chi connectivity index (χ0) is 15.8. The summed E-state index contributed by atoms with van der Waals surface area (Å²) in [5, 5.41) is 8.83. The van der Waals surface area contributed by atoms with E-state index >= 15 is 0 Å². The zero-order valence-electron chi connectivity index (χ0n) is 14.4. The molecule has 0 bridgehead atoms. The lowest BCUT2D eigenvalue weighted by atomic mass is 10.2. The van der Waals surface area contributed by atoms with Crippen LogP contribution >= 0.6 is 0 Å². The maximum atomic E-state index is 5.78. The van der Waals surface area contributed by atoms with Gasteiger partial charge in [-0.3, -0.25) is 9.80 Å². The first-order valence-corrected chi connectivity index (χ1v) is 9.13. The summed E-state index contributed by atoms with van der Waals surface area (Å²) in [6.07, 6.45) is 6.75. The van der Waals surface area contributed by atoms with E-state index in [-0.39, 0.29) is 0 Å².